The largest absolute Gasteiger partial charge is 0.461 e. The van der Waals surface area contributed by atoms with E-state index in [9.17, 15) is 14.0 Å². The van der Waals surface area contributed by atoms with Crippen LogP contribution in [0.4, 0.5) is 4.39 Å². The molecule has 24 heavy (non-hydrogen) atoms. The first kappa shape index (κ1) is 16.2. The van der Waals surface area contributed by atoms with Gasteiger partial charge in [0.15, 0.2) is 0 Å². The van der Waals surface area contributed by atoms with Crippen LogP contribution >= 0.6 is 0 Å². The SMILES string of the molecule is NC(=O)[C@H]1CCN(C(=O)CCc2ccc(-c3ccccc3F)o2)C1. The summed E-state index contributed by atoms with van der Waals surface area (Å²) < 4.78 is 19.4. The van der Waals surface area contributed by atoms with E-state index >= 15 is 0 Å². The van der Waals surface area contributed by atoms with Crippen LogP contribution in [0.15, 0.2) is 40.8 Å². The zero-order valence-electron chi connectivity index (χ0n) is 13.2. The Morgan fingerprint density at radius 3 is 2.75 bits per heavy atom. The van der Waals surface area contributed by atoms with Gasteiger partial charge in [-0.2, -0.15) is 0 Å². The summed E-state index contributed by atoms with van der Waals surface area (Å²) in [6.45, 7) is 0.956. The van der Waals surface area contributed by atoms with Gasteiger partial charge in [-0.3, -0.25) is 9.59 Å². The monoisotopic (exact) mass is 330 g/mol. The first-order valence-corrected chi connectivity index (χ1v) is 7.95. The molecule has 1 saturated heterocycles. The van der Waals surface area contributed by atoms with Gasteiger partial charge in [-0.25, -0.2) is 4.39 Å². The van der Waals surface area contributed by atoms with E-state index in [2.05, 4.69) is 0 Å². The fourth-order valence-electron chi connectivity index (χ4n) is 2.93. The molecule has 126 valence electrons. The number of primary amides is 1. The van der Waals surface area contributed by atoms with Crippen molar-refractivity contribution in [2.24, 2.45) is 11.7 Å². The molecule has 1 atom stereocenters. The maximum atomic E-state index is 13.7. The minimum Gasteiger partial charge on any atom is -0.461 e. The van der Waals surface area contributed by atoms with Crippen molar-refractivity contribution in [3.8, 4) is 11.3 Å². The van der Waals surface area contributed by atoms with E-state index in [0.29, 0.717) is 43.0 Å². The minimum atomic E-state index is -0.356. The van der Waals surface area contributed by atoms with Crippen LogP contribution in [0.25, 0.3) is 11.3 Å². The molecule has 6 heteroatoms. The predicted molar refractivity (Wildman–Crippen MR) is 86.3 cm³/mol. The summed E-state index contributed by atoms with van der Waals surface area (Å²) >= 11 is 0. The Morgan fingerprint density at radius 1 is 1.25 bits per heavy atom. The standard InChI is InChI=1S/C18H19FN2O3/c19-15-4-2-1-3-14(15)16-7-5-13(24-16)6-8-17(22)21-10-9-12(11-21)18(20)23/h1-5,7,12H,6,8-11H2,(H2,20,23)/t12-/m0/s1. The molecule has 1 aliphatic heterocycles. The molecule has 3 rings (SSSR count). The predicted octanol–water partition coefficient (Wildman–Crippen LogP) is 2.35. The molecule has 0 saturated carbocycles. The number of furan rings is 1. The zero-order valence-corrected chi connectivity index (χ0v) is 13.2. The van der Waals surface area contributed by atoms with Gasteiger partial charge >= 0.3 is 0 Å². The van der Waals surface area contributed by atoms with Gasteiger partial charge in [0.25, 0.3) is 0 Å². The summed E-state index contributed by atoms with van der Waals surface area (Å²) in [6, 6.07) is 9.85. The lowest BCUT2D eigenvalue weighted by Gasteiger charge is -2.15. The Kier molecular flexibility index (Phi) is 4.64. The van der Waals surface area contributed by atoms with Crippen LogP contribution in [0.1, 0.15) is 18.6 Å². The molecule has 2 heterocycles. The van der Waals surface area contributed by atoms with Crippen LogP contribution in [-0.2, 0) is 16.0 Å². The highest BCUT2D eigenvalue weighted by atomic mass is 19.1. The van der Waals surface area contributed by atoms with Crippen molar-refractivity contribution >= 4 is 11.8 Å². The van der Waals surface area contributed by atoms with Crippen LogP contribution < -0.4 is 5.73 Å². The summed E-state index contributed by atoms with van der Waals surface area (Å²) in [5, 5.41) is 0. The van der Waals surface area contributed by atoms with Gasteiger partial charge in [-0.15, -0.1) is 0 Å². The number of amides is 2. The molecule has 0 unspecified atom stereocenters. The van der Waals surface area contributed by atoms with Crippen molar-refractivity contribution in [2.75, 3.05) is 13.1 Å². The fraction of sp³-hybridized carbons (Fsp3) is 0.333. The molecule has 0 radical (unpaired) electrons. The van der Waals surface area contributed by atoms with E-state index in [0.717, 1.165) is 0 Å². The smallest absolute Gasteiger partial charge is 0.223 e. The average molecular weight is 330 g/mol. The van der Waals surface area contributed by atoms with Gasteiger partial charge in [0.2, 0.25) is 11.8 Å². The number of rotatable bonds is 5. The Morgan fingerprint density at radius 2 is 2.04 bits per heavy atom. The van der Waals surface area contributed by atoms with Crippen molar-refractivity contribution in [3.63, 3.8) is 0 Å². The topological polar surface area (TPSA) is 76.5 Å². The summed E-state index contributed by atoms with van der Waals surface area (Å²) in [5.41, 5.74) is 5.67. The van der Waals surface area contributed by atoms with E-state index in [1.54, 1.807) is 35.2 Å². The molecule has 1 fully saturated rings. The zero-order chi connectivity index (χ0) is 17.1. The Balaban J connectivity index is 1.57. The molecule has 0 bridgehead atoms. The molecule has 5 nitrogen and oxygen atoms in total. The average Bonchev–Trinajstić information content (AvgIpc) is 3.22. The number of likely N-dealkylation sites (tertiary alicyclic amines) is 1. The molecule has 1 aliphatic rings. The lowest BCUT2D eigenvalue weighted by Crippen LogP contribution is -2.31. The number of aryl methyl sites for hydroxylation is 1. The highest BCUT2D eigenvalue weighted by molar-refractivity contribution is 5.81. The van der Waals surface area contributed by atoms with E-state index in [4.69, 9.17) is 10.2 Å². The Bertz CT molecular complexity index is 756. The number of nitrogens with zero attached hydrogens (tertiary/aromatic N) is 1. The number of halogens is 1. The summed E-state index contributed by atoms with van der Waals surface area (Å²) in [5.74, 6) is 0.112. The molecule has 0 spiro atoms. The third-order valence-corrected chi connectivity index (χ3v) is 4.33. The summed E-state index contributed by atoms with van der Waals surface area (Å²) in [4.78, 5) is 25.0. The maximum Gasteiger partial charge on any atom is 0.223 e. The highest BCUT2D eigenvalue weighted by Crippen LogP contribution is 2.25. The number of nitrogens with two attached hydrogens (primary N) is 1. The van der Waals surface area contributed by atoms with Gasteiger partial charge in [-0.05, 0) is 30.7 Å². The van der Waals surface area contributed by atoms with Crippen molar-refractivity contribution in [1.82, 2.24) is 4.90 Å². The third-order valence-electron chi connectivity index (χ3n) is 4.33. The van der Waals surface area contributed by atoms with Gasteiger partial charge in [-0.1, -0.05) is 12.1 Å². The molecular weight excluding hydrogens is 311 g/mol. The van der Waals surface area contributed by atoms with E-state index in [1.165, 1.54) is 6.07 Å². The number of carbonyl (C=O) groups excluding carboxylic acids is 2. The van der Waals surface area contributed by atoms with Gasteiger partial charge in [0.05, 0.1) is 11.5 Å². The second-order valence-corrected chi connectivity index (χ2v) is 5.97. The van der Waals surface area contributed by atoms with Crippen LogP contribution in [0.2, 0.25) is 0 Å². The van der Waals surface area contributed by atoms with Crippen molar-refractivity contribution in [1.29, 1.82) is 0 Å². The summed E-state index contributed by atoms with van der Waals surface area (Å²) in [7, 11) is 0. The molecule has 1 aromatic heterocycles. The van der Waals surface area contributed by atoms with Crippen molar-refractivity contribution in [3.05, 3.63) is 48.0 Å². The molecule has 2 amide bonds. The fourth-order valence-corrected chi connectivity index (χ4v) is 2.93. The molecule has 0 aliphatic carbocycles. The van der Waals surface area contributed by atoms with Crippen LogP contribution in [0, 0.1) is 11.7 Å². The van der Waals surface area contributed by atoms with Crippen molar-refractivity contribution < 1.29 is 18.4 Å². The highest BCUT2D eigenvalue weighted by Gasteiger charge is 2.29. The van der Waals surface area contributed by atoms with E-state index in [-0.39, 0.29) is 30.0 Å². The molecule has 2 aromatic rings. The maximum absolute atomic E-state index is 13.7. The van der Waals surface area contributed by atoms with Gasteiger partial charge < -0.3 is 15.1 Å². The van der Waals surface area contributed by atoms with Gasteiger partial charge in [0, 0.05) is 25.9 Å². The number of carbonyl (C=O) groups is 2. The van der Waals surface area contributed by atoms with Crippen molar-refractivity contribution in [2.45, 2.75) is 19.3 Å². The van der Waals surface area contributed by atoms with E-state index in [1.807, 2.05) is 0 Å². The molecule has 2 N–H and O–H groups in total. The van der Waals surface area contributed by atoms with Crippen LogP contribution in [0.5, 0.6) is 0 Å². The number of hydrogen-bond acceptors (Lipinski definition) is 3. The van der Waals surface area contributed by atoms with E-state index < -0.39 is 0 Å². The molecular formula is C18H19FN2O3. The van der Waals surface area contributed by atoms with Crippen LogP contribution in [0.3, 0.4) is 0 Å². The van der Waals surface area contributed by atoms with Gasteiger partial charge in [0.1, 0.15) is 17.3 Å². The number of benzene rings is 1. The normalized spacial score (nSPS) is 17.2. The Hall–Kier alpha value is -2.63. The quantitative estimate of drug-likeness (QED) is 0.914. The number of hydrogen-bond donors (Lipinski definition) is 1. The second kappa shape index (κ2) is 6.86. The third kappa shape index (κ3) is 3.48. The summed E-state index contributed by atoms with van der Waals surface area (Å²) in [6.07, 6.45) is 1.35. The minimum absolute atomic E-state index is 0.0254. The lowest BCUT2D eigenvalue weighted by molar-refractivity contribution is -0.130. The molecule has 1 aromatic carbocycles. The van der Waals surface area contributed by atoms with Crippen LogP contribution in [-0.4, -0.2) is 29.8 Å². The second-order valence-electron chi connectivity index (χ2n) is 5.97. The first-order chi connectivity index (χ1) is 11.5. The first-order valence-electron chi connectivity index (χ1n) is 7.95. The lowest BCUT2D eigenvalue weighted by atomic mass is 10.1. The Labute approximate surface area is 139 Å².